The highest BCUT2D eigenvalue weighted by molar-refractivity contribution is 5.89. The third-order valence-corrected chi connectivity index (χ3v) is 3.79. The lowest BCUT2D eigenvalue weighted by atomic mass is 10.1. The van der Waals surface area contributed by atoms with E-state index in [0.717, 1.165) is 32.5 Å². The van der Waals surface area contributed by atoms with Crippen molar-refractivity contribution in [3.05, 3.63) is 24.3 Å². The lowest BCUT2D eigenvalue weighted by molar-refractivity contribution is -0.0498. The summed E-state index contributed by atoms with van der Waals surface area (Å²) >= 11 is 0. The lowest BCUT2D eigenvalue weighted by Crippen LogP contribution is -2.49. The fraction of sp³-hybridized carbons (Fsp3) is 0.562. The van der Waals surface area contributed by atoms with Crippen LogP contribution in [0, 0.1) is 0 Å². The molecular weight excluding hydrogens is 320 g/mol. The topological polar surface area (TPSA) is 62.8 Å². The molecule has 6 nitrogen and oxygen atoms in total. The first-order valence-corrected chi connectivity index (χ1v) is 7.90. The van der Waals surface area contributed by atoms with Crippen molar-refractivity contribution in [3.8, 4) is 5.75 Å². The summed E-state index contributed by atoms with van der Waals surface area (Å²) in [6, 6.07) is 5.57. The number of rotatable bonds is 7. The van der Waals surface area contributed by atoms with Gasteiger partial charge < -0.3 is 20.1 Å². The van der Waals surface area contributed by atoms with Crippen LogP contribution in [0.5, 0.6) is 5.75 Å². The average Bonchev–Trinajstić information content (AvgIpc) is 2.54. The van der Waals surface area contributed by atoms with Gasteiger partial charge in [0.25, 0.3) is 0 Å². The highest BCUT2D eigenvalue weighted by Gasteiger charge is 2.21. The summed E-state index contributed by atoms with van der Waals surface area (Å²) < 4.78 is 33.5. The molecule has 1 aromatic rings. The van der Waals surface area contributed by atoms with Crippen molar-refractivity contribution in [3.63, 3.8) is 0 Å². The molecule has 0 aliphatic carbocycles. The maximum Gasteiger partial charge on any atom is 0.387 e. The van der Waals surface area contributed by atoms with Gasteiger partial charge in [-0.1, -0.05) is 0 Å². The van der Waals surface area contributed by atoms with Gasteiger partial charge in [-0.3, -0.25) is 4.90 Å². The predicted octanol–water partition coefficient (Wildman–Crippen LogP) is 2.52. The maximum atomic E-state index is 12.1. The van der Waals surface area contributed by atoms with Gasteiger partial charge in [0, 0.05) is 31.9 Å². The molecule has 1 heterocycles. The Kier molecular flexibility index (Phi) is 7.20. The first-order valence-electron chi connectivity index (χ1n) is 7.90. The Bertz CT molecular complexity index is 514. The minimum absolute atomic E-state index is 0.0528. The third-order valence-electron chi connectivity index (χ3n) is 3.79. The standard InChI is InChI=1S/C16H23F2N3O3/c1-23-10-9-21-8-2-3-13(11-21)20-16(22)19-12-4-6-14(7-5-12)24-15(17)18/h4-7,13,15H,2-3,8-11H2,1H3,(H2,19,20,22). The number of hydrogen-bond acceptors (Lipinski definition) is 4. The van der Waals surface area contributed by atoms with Gasteiger partial charge in [0.2, 0.25) is 0 Å². The van der Waals surface area contributed by atoms with E-state index in [1.54, 1.807) is 7.11 Å². The van der Waals surface area contributed by atoms with Gasteiger partial charge in [0.1, 0.15) is 5.75 Å². The molecule has 1 atom stereocenters. The second-order valence-corrected chi connectivity index (χ2v) is 5.63. The Morgan fingerprint density at radius 3 is 2.79 bits per heavy atom. The van der Waals surface area contributed by atoms with Crippen molar-refractivity contribution >= 4 is 11.7 Å². The van der Waals surface area contributed by atoms with Crippen LogP contribution in [-0.2, 0) is 4.74 Å². The lowest BCUT2D eigenvalue weighted by Gasteiger charge is -2.32. The molecule has 0 bridgehead atoms. The number of halogens is 2. The average molecular weight is 343 g/mol. The molecule has 2 amide bonds. The van der Waals surface area contributed by atoms with Gasteiger partial charge in [0.05, 0.1) is 6.61 Å². The molecule has 1 aromatic carbocycles. The van der Waals surface area contributed by atoms with Gasteiger partial charge >= 0.3 is 12.6 Å². The number of carbonyl (C=O) groups excluding carboxylic acids is 1. The smallest absolute Gasteiger partial charge is 0.387 e. The Morgan fingerprint density at radius 1 is 1.38 bits per heavy atom. The number of anilines is 1. The highest BCUT2D eigenvalue weighted by Crippen LogP contribution is 2.18. The van der Waals surface area contributed by atoms with Gasteiger partial charge in [-0.15, -0.1) is 0 Å². The summed E-state index contributed by atoms with van der Waals surface area (Å²) in [6.07, 6.45) is 1.95. The summed E-state index contributed by atoms with van der Waals surface area (Å²) in [5, 5.41) is 5.63. The number of piperidine rings is 1. The van der Waals surface area contributed by atoms with Crippen LogP contribution in [-0.4, -0.2) is 56.9 Å². The van der Waals surface area contributed by atoms with Crippen LogP contribution in [0.25, 0.3) is 0 Å². The monoisotopic (exact) mass is 343 g/mol. The largest absolute Gasteiger partial charge is 0.435 e. The first-order chi connectivity index (χ1) is 11.6. The molecule has 0 aromatic heterocycles. The Hall–Kier alpha value is -1.93. The van der Waals surface area contributed by atoms with Gasteiger partial charge in [-0.25, -0.2) is 4.79 Å². The molecule has 2 rings (SSSR count). The molecule has 8 heteroatoms. The Balaban J connectivity index is 1.78. The molecule has 0 saturated carbocycles. The Labute approximate surface area is 140 Å². The normalized spacial score (nSPS) is 18.4. The zero-order valence-electron chi connectivity index (χ0n) is 13.6. The minimum Gasteiger partial charge on any atom is -0.435 e. The number of benzene rings is 1. The zero-order valence-corrected chi connectivity index (χ0v) is 13.6. The van der Waals surface area contributed by atoms with Crippen LogP contribution < -0.4 is 15.4 Å². The maximum absolute atomic E-state index is 12.1. The van der Waals surface area contributed by atoms with Crippen LogP contribution in [0.4, 0.5) is 19.3 Å². The zero-order chi connectivity index (χ0) is 17.4. The molecule has 1 unspecified atom stereocenters. The fourth-order valence-electron chi connectivity index (χ4n) is 2.67. The van der Waals surface area contributed by atoms with E-state index in [2.05, 4.69) is 20.3 Å². The summed E-state index contributed by atoms with van der Waals surface area (Å²) in [5.74, 6) is 0.0528. The van der Waals surface area contributed by atoms with E-state index < -0.39 is 6.61 Å². The summed E-state index contributed by atoms with van der Waals surface area (Å²) in [7, 11) is 1.67. The molecule has 0 spiro atoms. The molecule has 134 valence electrons. The van der Waals surface area contributed by atoms with Crippen LogP contribution >= 0.6 is 0 Å². The van der Waals surface area contributed by atoms with E-state index in [1.165, 1.54) is 24.3 Å². The van der Waals surface area contributed by atoms with Crippen molar-refractivity contribution in [2.45, 2.75) is 25.5 Å². The first kappa shape index (κ1) is 18.4. The number of likely N-dealkylation sites (tertiary alicyclic amines) is 1. The van der Waals surface area contributed by atoms with E-state index >= 15 is 0 Å². The van der Waals surface area contributed by atoms with Crippen LogP contribution in [0.1, 0.15) is 12.8 Å². The number of hydrogen-bond donors (Lipinski definition) is 2. The van der Waals surface area contributed by atoms with Crippen LogP contribution in [0.3, 0.4) is 0 Å². The number of urea groups is 1. The molecule has 0 radical (unpaired) electrons. The quantitative estimate of drug-likeness (QED) is 0.799. The molecule has 1 fully saturated rings. The third kappa shape index (κ3) is 6.29. The summed E-state index contributed by atoms with van der Waals surface area (Å²) in [5.41, 5.74) is 0.515. The fourth-order valence-corrected chi connectivity index (χ4v) is 2.67. The SMILES string of the molecule is COCCN1CCCC(NC(=O)Nc2ccc(OC(F)F)cc2)C1. The number of nitrogens with one attached hydrogen (secondary N) is 2. The molecule has 1 aliphatic heterocycles. The van der Waals surface area contributed by atoms with E-state index in [4.69, 9.17) is 4.74 Å². The number of nitrogens with zero attached hydrogens (tertiary/aromatic N) is 1. The van der Waals surface area contributed by atoms with Crippen molar-refractivity contribution in [1.82, 2.24) is 10.2 Å². The molecule has 24 heavy (non-hydrogen) atoms. The van der Waals surface area contributed by atoms with Gasteiger partial charge in [-0.05, 0) is 43.7 Å². The van der Waals surface area contributed by atoms with Crippen molar-refractivity contribution in [2.75, 3.05) is 38.7 Å². The van der Waals surface area contributed by atoms with Crippen LogP contribution in [0.15, 0.2) is 24.3 Å². The second kappa shape index (κ2) is 9.39. The number of carbonyl (C=O) groups is 1. The number of methoxy groups -OCH3 is 1. The summed E-state index contributed by atoms with van der Waals surface area (Å²) in [6.45, 7) is 0.458. The Morgan fingerprint density at radius 2 is 2.12 bits per heavy atom. The molecular formula is C16H23F2N3O3. The van der Waals surface area contributed by atoms with Crippen molar-refractivity contribution in [2.24, 2.45) is 0 Å². The highest BCUT2D eigenvalue weighted by atomic mass is 19.3. The molecule has 1 saturated heterocycles. The summed E-state index contributed by atoms with van der Waals surface area (Å²) in [4.78, 5) is 14.3. The molecule has 2 N–H and O–H groups in total. The van der Waals surface area contributed by atoms with Crippen LogP contribution in [0.2, 0.25) is 0 Å². The van der Waals surface area contributed by atoms with E-state index in [9.17, 15) is 13.6 Å². The minimum atomic E-state index is -2.86. The van der Waals surface area contributed by atoms with Crippen molar-refractivity contribution < 1.29 is 23.0 Å². The van der Waals surface area contributed by atoms with E-state index in [-0.39, 0.29) is 17.8 Å². The van der Waals surface area contributed by atoms with E-state index in [1.807, 2.05) is 0 Å². The van der Waals surface area contributed by atoms with Gasteiger partial charge in [-0.2, -0.15) is 8.78 Å². The number of amides is 2. The second-order valence-electron chi connectivity index (χ2n) is 5.63. The molecule has 1 aliphatic rings. The number of alkyl halides is 2. The van der Waals surface area contributed by atoms with Crippen molar-refractivity contribution in [1.29, 1.82) is 0 Å². The number of ether oxygens (including phenoxy) is 2. The van der Waals surface area contributed by atoms with Gasteiger partial charge in [0.15, 0.2) is 0 Å². The van der Waals surface area contributed by atoms with E-state index in [0.29, 0.717) is 12.3 Å². The predicted molar refractivity (Wildman–Crippen MR) is 86.6 cm³/mol.